The lowest BCUT2D eigenvalue weighted by Gasteiger charge is -2.32. The van der Waals surface area contributed by atoms with Gasteiger partial charge in [-0.3, -0.25) is 10.2 Å². The molecule has 0 unspecified atom stereocenters. The first-order valence-electron chi connectivity index (χ1n) is 14.5. The lowest BCUT2D eigenvalue weighted by Crippen LogP contribution is -2.53. The van der Waals surface area contributed by atoms with Crippen molar-refractivity contribution in [3.05, 3.63) is 146 Å². The van der Waals surface area contributed by atoms with E-state index >= 15 is 0 Å². The smallest absolute Gasteiger partial charge is 0.266 e. The number of rotatable bonds is 14. The van der Waals surface area contributed by atoms with Gasteiger partial charge in [-0.15, -0.1) is 0 Å². The van der Waals surface area contributed by atoms with E-state index in [0.717, 1.165) is 26.7 Å². The van der Waals surface area contributed by atoms with E-state index in [1.165, 1.54) is 0 Å². The number of carbonyl (C=O) groups excluding carboxylic acids is 1. The standard InChI is InChI=1S/C34H33BrN6O4/c35-30-14-7-6-13-29(30)31-34(21-26-11-4-5-12-27(26)23-38-41-36,33(43)40-37-22-24-9-2-1-3-10-24)39-32(45-31)25-15-17-28(18-16-25)44-20-8-19-42/h1-7,9-18,31,37,42H,8,19-23H2,(H,40,43)/t31-,34-/m0/s1. The number of hydrazine groups is 1. The second-order valence-corrected chi connectivity index (χ2v) is 11.3. The van der Waals surface area contributed by atoms with E-state index in [4.69, 9.17) is 25.1 Å². The van der Waals surface area contributed by atoms with E-state index in [2.05, 4.69) is 36.8 Å². The first kappa shape index (κ1) is 31.7. The van der Waals surface area contributed by atoms with Crippen molar-refractivity contribution in [3.8, 4) is 5.75 Å². The molecule has 0 aliphatic carbocycles. The molecule has 0 spiro atoms. The van der Waals surface area contributed by atoms with Crippen LogP contribution in [0.15, 0.2) is 118 Å². The van der Waals surface area contributed by atoms with E-state index in [0.29, 0.717) is 36.8 Å². The third kappa shape index (κ3) is 7.71. The van der Waals surface area contributed by atoms with Gasteiger partial charge in [-0.2, -0.15) is 0 Å². The van der Waals surface area contributed by atoms with Crippen LogP contribution in [0.3, 0.4) is 0 Å². The molecule has 0 saturated carbocycles. The van der Waals surface area contributed by atoms with Crippen LogP contribution in [-0.4, -0.2) is 35.7 Å². The SMILES string of the molecule is [N-]=[N+]=NCc1ccccc1C[C@]1(C(=O)NNCc2ccccc2)N=C(c2ccc(OCCCO)cc2)O[C@H]1c1ccccc1Br. The summed E-state index contributed by atoms with van der Waals surface area (Å²) in [4.78, 5) is 22.5. The van der Waals surface area contributed by atoms with E-state index in [-0.39, 0.29) is 25.5 Å². The number of aliphatic imine (C=N–C) groups is 1. The van der Waals surface area contributed by atoms with Crippen LogP contribution in [0.25, 0.3) is 10.4 Å². The molecule has 4 aromatic carbocycles. The van der Waals surface area contributed by atoms with Crippen LogP contribution in [0.4, 0.5) is 0 Å². The number of hydrogen-bond donors (Lipinski definition) is 3. The normalized spacial score (nSPS) is 17.1. The Labute approximate surface area is 269 Å². The zero-order chi connectivity index (χ0) is 31.5. The number of aliphatic hydroxyl groups is 1. The van der Waals surface area contributed by atoms with Crippen LogP contribution in [0.2, 0.25) is 0 Å². The summed E-state index contributed by atoms with van der Waals surface area (Å²) >= 11 is 3.67. The largest absolute Gasteiger partial charge is 0.494 e. The molecule has 4 aromatic rings. The van der Waals surface area contributed by atoms with E-state index in [1.807, 2.05) is 103 Å². The number of nitrogens with one attached hydrogen (secondary N) is 2. The molecule has 1 aliphatic rings. The van der Waals surface area contributed by atoms with Crippen molar-refractivity contribution >= 4 is 27.7 Å². The molecule has 0 radical (unpaired) electrons. The average Bonchev–Trinajstić information content (AvgIpc) is 3.45. The monoisotopic (exact) mass is 668 g/mol. The van der Waals surface area contributed by atoms with Gasteiger partial charge in [-0.25, -0.2) is 10.4 Å². The van der Waals surface area contributed by atoms with Crippen LogP contribution in [0.5, 0.6) is 5.75 Å². The van der Waals surface area contributed by atoms with Gasteiger partial charge in [-0.05, 0) is 52.6 Å². The van der Waals surface area contributed by atoms with Crippen LogP contribution in [0.1, 0.15) is 40.3 Å². The van der Waals surface area contributed by atoms with Gasteiger partial charge < -0.3 is 14.6 Å². The Morgan fingerprint density at radius 3 is 2.44 bits per heavy atom. The summed E-state index contributed by atoms with van der Waals surface area (Å²) in [5, 5.41) is 12.9. The molecule has 0 aromatic heterocycles. The van der Waals surface area contributed by atoms with Gasteiger partial charge in [0.05, 0.1) is 13.2 Å². The minimum atomic E-state index is -1.45. The molecular weight excluding hydrogens is 636 g/mol. The van der Waals surface area contributed by atoms with Crippen molar-refractivity contribution < 1.29 is 19.4 Å². The van der Waals surface area contributed by atoms with Crippen molar-refractivity contribution in [2.75, 3.05) is 13.2 Å². The Balaban J connectivity index is 1.57. The molecule has 1 amide bonds. The third-order valence-corrected chi connectivity index (χ3v) is 8.16. The van der Waals surface area contributed by atoms with Gasteiger partial charge in [0, 0.05) is 46.5 Å². The number of aliphatic hydroxyl groups excluding tert-OH is 1. The van der Waals surface area contributed by atoms with Crippen LogP contribution in [-0.2, 0) is 29.0 Å². The first-order valence-corrected chi connectivity index (χ1v) is 15.3. The maximum atomic E-state index is 14.5. The molecule has 45 heavy (non-hydrogen) atoms. The maximum Gasteiger partial charge on any atom is 0.266 e. The summed E-state index contributed by atoms with van der Waals surface area (Å²) in [5.41, 5.74) is 17.6. The number of hydrogen-bond acceptors (Lipinski definition) is 7. The number of halogens is 1. The Hall–Kier alpha value is -4.67. The molecule has 0 fully saturated rings. The summed E-state index contributed by atoms with van der Waals surface area (Å²) in [6, 6.07) is 32.2. The first-order chi connectivity index (χ1) is 22.0. The molecule has 1 aliphatic heterocycles. The van der Waals surface area contributed by atoms with Crippen molar-refractivity contribution in [2.45, 2.75) is 37.6 Å². The van der Waals surface area contributed by atoms with Crippen molar-refractivity contribution in [3.63, 3.8) is 0 Å². The van der Waals surface area contributed by atoms with E-state index in [9.17, 15) is 4.79 Å². The zero-order valence-electron chi connectivity index (χ0n) is 24.5. The summed E-state index contributed by atoms with van der Waals surface area (Å²) in [5.74, 6) is 0.578. The van der Waals surface area contributed by atoms with Crippen molar-refractivity contribution in [2.24, 2.45) is 10.1 Å². The minimum absolute atomic E-state index is 0.0511. The number of amides is 1. The molecular formula is C34H33BrN6O4. The number of ether oxygens (including phenoxy) is 2. The highest BCUT2D eigenvalue weighted by molar-refractivity contribution is 9.10. The number of azide groups is 1. The third-order valence-electron chi connectivity index (χ3n) is 7.44. The number of carbonyl (C=O) groups is 1. The Kier molecular flexibility index (Phi) is 10.8. The second kappa shape index (κ2) is 15.4. The van der Waals surface area contributed by atoms with E-state index in [1.54, 1.807) is 0 Å². The minimum Gasteiger partial charge on any atom is -0.494 e. The highest BCUT2D eigenvalue weighted by Gasteiger charge is 2.54. The molecule has 0 bridgehead atoms. The summed E-state index contributed by atoms with van der Waals surface area (Å²) in [6.45, 7) is 0.984. The molecule has 11 heteroatoms. The average molecular weight is 670 g/mol. The molecule has 230 valence electrons. The van der Waals surface area contributed by atoms with Gasteiger partial charge in [0.1, 0.15) is 5.75 Å². The van der Waals surface area contributed by atoms with Gasteiger partial charge in [-0.1, -0.05) is 93.8 Å². The Morgan fingerprint density at radius 2 is 1.71 bits per heavy atom. The zero-order valence-corrected chi connectivity index (χ0v) is 26.1. The highest BCUT2D eigenvalue weighted by atomic mass is 79.9. The number of nitrogens with zero attached hydrogens (tertiary/aromatic N) is 4. The van der Waals surface area contributed by atoms with Crippen molar-refractivity contribution in [1.29, 1.82) is 0 Å². The van der Waals surface area contributed by atoms with Gasteiger partial charge in [0.15, 0.2) is 11.6 Å². The maximum absolute atomic E-state index is 14.5. The van der Waals surface area contributed by atoms with Crippen LogP contribution in [0, 0.1) is 0 Å². The summed E-state index contributed by atoms with van der Waals surface area (Å²) in [7, 11) is 0. The predicted molar refractivity (Wildman–Crippen MR) is 175 cm³/mol. The summed E-state index contributed by atoms with van der Waals surface area (Å²) < 4.78 is 13.1. The molecule has 1 heterocycles. The van der Waals surface area contributed by atoms with Crippen molar-refractivity contribution in [1.82, 2.24) is 10.9 Å². The highest BCUT2D eigenvalue weighted by Crippen LogP contribution is 2.45. The lowest BCUT2D eigenvalue weighted by molar-refractivity contribution is -0.130. The quantitative estimate of drug-likeness (QED) is 0.0473. The van der Waals surface area contributed by atoms with Gasteiger partial charge in [0.2, 0.25) is 5.90 Å². The van der Waals surface area contributed by atoms with Gasteiger partial charge in [0.25, 0.3) is 5.91 Å². The lowest BCUT2D eigenvalue weighted by atomic mass is 9.81. The fourth-order valence-electron chi connectivity index (χ4n) is 5.16. The topological polar surface area (TPSA) is 141 Å². The van der Waals surface area contributed by atoms with Crippen LogP contribution < -0.4 is 15.6 Å². The Morgan fingerprint density at radius 1 is 1.00 bits per heavy atom. The molecule has 0 saturated heterocycles. The molecule has 10 nitrogen and oxygen atoms in total. The molecule has 2 atom stereocenters. The predicted octanol–water partition coefficient (Wildman–Crippen LogP) is 6.34. The summed E-state index contributed by atoms with van der Waals surface area (Å²) in [6.07, 6.45) is -0.113. The number of benzene rings is 4. The fraction of sp³-hybridized carbons (Fsp3) is 0.235. The molecule has 3 N–H and O–H groups in total. The fourth-order valence-corrected chi connectivity index (χ4v) is 5.65. The van der Waals surface area contributed by atoms with Gasteiger partial charge >= 0.3 is 0 Å². The molecule has 5 rings (SSSR count). The van der Waals surface area contributed by atoms with Crippen LogP contribution >= 0.6 is 15.9 Å². The Bertz CT molecular complexity index is 1680. The second-order valence-electron chi connectivity index (χ2n) is 10.4. The van der Waals surface area contributed by atoms with E-state index < -0.39 is 11.6 Å².